The second kappa shape index (κ2) is 8.14. The highest BCUT2D eigenvalue weighted by atomic mass is 35.5. The summed E-state index contributed by atoms with van der Waals surface area (Å²) in [4.78, 5) is 30.2. The van der Waals surface area contributed by atoms with Crippen molar-refractivity contribution in [3.05, 3.63) is 79.8 Å². The van der Waals surface area contributed by atoms with Gasteiger partial charge in [-0.15, -0.1) is 11.3 Å². The highest BCUT2D eigenvalue weighted by Crippen LogP contribution is 2.29. The number of aryl methyl sites for hydroxylation is 1. The lowest BCUT2D eigenvalue weighted by molar-refractivity contribution is -0.125. The topological polar surface area (TPSA) is 68.3 Å². The summed E-state index contributed by atoms with van der Waals surface area (Å²) in [7, 11) is 0. The van der Waals surface area contributed by atoms with E-state index >= 15 is 0 Å². The van der Waals surface area contributed by atoms with E-state index in [1.54, 1.807) is 18.2 Å². The number of esters is 1. The van der Waals surface area contributed by atoms with Crippen LogP contribution in [0.2, 0.25) is 10.0 Å². The molecule has 3 aromatic rings. The van der Waals surface area contributed by atoms with Gasteiger partial charge < -0.3 is 4.74 Å². The highest BCUT2D eigenvalue weighted by molar-refractivity contribution is 7.15. The number of anilines is 1. The number of nitrogens with one attached hydrogen (secondary N) is 1. The Morgan fingerprint density at radius 3 is 2.83 bits per heavy atom. The molecule has 1 aromatic heterocycles. The minimum Gasteiger partial charge on any atom is -0.448 e. The number of amides is 1. The fraction of sp³-hybridized carbons (Fsp3) is 0.190. The Morgan fingerprint density at radius 1 is 1.24 bits per heavy atom. The van der Waals surface area contributed by atoms with E-state index in [9.17, 15) is 9.59 Å². The minimum absolute atomic E-state index is 0.342. The molecule has 8 heteroatoms. The van der Waals surface area contributed by atoms with Crippen LogP contribution in [0.1, 0.15) is 32.1 Å². The fourth-order valence-electron chi connectivity index (χ4n) is 3.14. The summed E-state index contributed by atoms with van der Waals surface area (Å²) in [5, 5.41) is 4.25. The normalized spacial score (nSPS) is 15.6. The van der Waals surface area contributed by atoms with Gasteiger partial charge in [0.2, 0.25) is 0 Å². The molecule has 148 valence electrons. The maximum absolute atomic E-state index is 12.6. The monoisotopic (exact) mass is 446 g/mol. The number of benzene rings is 2. The Hall–Kier alpha value is -2.41. The zero-order valence-corrected chi connectivity index (χ0v) is 17.7. The average molecular weight is 447 g/mol. The lowest BCUT2D eigenvalue weighted by atomic mass is 9.98. The second-order valence-electron chi connectivity index (χ2n) is 6.70. The molecule has 0 saturated heterocycles. The summed E-state index contributed by atoms with van der Waals surface area (Å²) in [5.74, 6) is -0.870. The van der Waals surface area contributed by atoms with Crippen LogP contribution >= 0.6 is 34.5 Å². The van der Waals surface area contributed by atoms with Crippen molar-refractivity contribution >= 4 is 51.5 Å². The van der Waals surface area contributed by atoms with Crippen molar-refractivity contribution in [3.63, 3.8) is 0 Å². The molecule has 0 bridgehead atoms. The van der Waals surface area contributed by atoms with Gasteiger partial charge in [-0.1, -0.05) is 47.5 Å². The molecule has 4 rings (SSSR count). The van der Waals surface area contributed by atoms with Gasteiger partial charge in [-0.2, -0.15) is 0 Å². The third-order valence-electron chi connectivity index (χ3n) is 4.66. The number of aromatic nitrogens is 1. The predicted molar refractivity (Wildman–Crippen MR) is 114 cm³/mol. The molecular formula is C21H16Cl2N2O3S. The van der Waals surface area contributed by atoms with Crippen molar-refractivity contribution < 1.29 is 14.3 Å². The number of hydrogen-bond acceptors (Lipinski definition) is 5. The van der Waals surface area contributed by atoms with E-state index < -0.39 is 12.1 Å². The molecule has 1 aliphatic heterocycles. The van der Waals surface area contributed by atoms with Gasteiger partial charge in [0.1, 0.15) is 0 Å². The van der Waals surface area contributed by atoms with Gasteiger partial charge in [-0.25, -0.2) is 9.78 Å². The standard InChI is InChI=1S/C21H16Cl2N2O3S/c1-11-18(9-12-6-7-15(22)16(23)8-12)29-21(24-11)25-19(26)17-10-13-4-2-3-5-14(13)20(27)28-17/h2-8,17H,9-10H2,1H3,(H,24,25,26). The number of ether oxygens (including phenoxy) is 1. The van der Waals surface area contributed by atoms with Crippen LogP contribution < -0.4 is 5.32 Å². The second-order valence-corrected chi connectivity index (χ2v) is 8.60. The van der Waals surface area contributed by atoms with Gasteiger partial charge in [0.15, 0.2) is 11.2 Å². The lowest BCUT2D eigenvalue weighted by Gasteiger charge is -2.23. The number of hydrogen-bond donors (Lipinski definition) is 1. The molecule has 1 amide bonds. The first-order valence-electron chi connectivity index (χ1n) is 8.90. The quantitative estimate of drug-likeness (QED) is 0.567. The molecule has 5 nitrogen and oxygen atoms in total. The number of nitrogens with zero attached hydrogens (tertiary/aromatic N) is 1. The summed E-state index contributed by atoms with van der Waals surface area (Å²) in [6, 6.07) is 12.6. The van der Waals surface area contributed by atoms with Crippen LogP contribution in [0.25, 0.3) is 0 Å². The van der Waals surface area contributed by atoms with Crippen LogP contribution in [0.15, 0.2) is 42.5 Å². The number of rotatable bonds is 4. The fourth-order valence-corrected chi connectivity index (χ4v) is 4.46. The first-order chi connectivity index (χ1) is 13.9. The summed E-state index contributed by atoms with van der Waals surface area (Å²) in [6.45, 7) is 1.88. The van der Waals surface area contributed by atoms with E-state index in [4.69, 9.17) is 27.9 Å². The number of carbonyl (C=O) groups excluding carboxylic acids is 2. The molecule has 1 aliphatic rings. The molecule has 1 atom stereocenters. The third-order valence-corrected chi connectivity index (χ3v) is 6.47. The van der Waals surface area contributed by atoms with Crippen molar-refractivity contribution in [1.82, 2.24) is 4.98 Å². The Kier molecular flexibility index (Phi) is 5.58. The first kappa shape index (κ1) is 19.9. The van der Waals surface area contributed by atoms with E-state index in [-0.39, 0.29) is 5.91 Å². The van der Waals surface area contributed by atoms with Crippen LogP contribution in [0, 0.1) is 6.92 Å². The van der Waals surface area contributed by atoms with E-state index in [0.29, 0.717) is 33.6 Å². The summed E-state index contributed by atoms with van der Waals surface area (Å²) in [6.07, 6.45) is 0.0937. The zero-order valence-electron chi connectivity index (χ0n) is 15.4. The Balaban J connectivity index is 1.46. The van der Waals surface area contributed by atoms with Gasteiger partial charge >= 0.3 is 5.97 Å². The lowest BCUT2D eigenvalue weighted by Crippen LogP contribution is -2.37. The number of halogens is 2. The zero-order chi connectivity index (χ0) is 20.5. The predicted octanol–water partition coefficient (Wildman–Crippen LogP) is 5.07. The molecule has 0 aliphatic carbocycles. The Labute approximate surface area is 181 Å². The molecule has 1 unspecified atom stereocenters. The van der Waals surface area contributed by atoms with E-state index in [0.717, 1.165) is 21.7 Å². The Morgan fingerprint density at radius 2 is 2.03 bits per heavy atom. The number of cyclic esters (lactones) is 1. The minimum atomic E-state index is -0.875. The molecule has 0 radical (unpaired) electrons. The van der Waals surface area contributed by atoms with Gasteiger partial charge in [-0.3, -0.25) is 10.1 Å². The first-order valence-corrected chi connectivity index (χ1v) is 10.5. The average Bonchev–Trinajstić information content (AvgIpc) is 3.03. The van der Waals surface area contributed by atoms with Crippen molar-refractivity contribution in [2.75, 3.05) is 5.32 Å². The molecule has 2 aromatic carbocycles. The van der Waals surface area contributed by atoms with Crippen molar-refractivity contribution in [3.8, 4) is 0 Å². The van der Waals surface area contributed by atoms with Gasteiger partial charge in [0.25, 0.3) is 5.91 Å². The van der Waals surface area contributed by atoms with Gasteiger partial charge in [-0.05, 0) is 36.2 Å². The van der Waals surface area contributed by atoms with Crippen LogP contribution in [-0.2, 0) is 22.4 Å². The SMILES string of the molecule is Cc1nc(NC(=O)C2Cc3ccccc3C(=O)O2)sc1Cc1ccc(Cl)c(Cl)c1. The molecule has 2 heterocycles. The smallest absolute Gasteiger partial charge is 0.339 e. The summed E-state index contributed by atoms with van der Waals surface area (Å²) >= 11 is 13.4. The maximum atomic E-state index is 12.6. The van der Waals surface area contributed by atoms with Crippen LogP contribution in [0.4, 0.5) is 5.13 Å². The van der Waals surface area contributed by atoms with E-state index in [1.807, 2.05) is 31.2 Å². The maximum Gasteiger partial charge on any atom is 0.339 e. The number of thiazole rings is 1. The van der Waals surface area contributed by atoms with Crippen LogP contribution in [0.5, 0.6) is 0 Å². The largest absolute Gasteiger partial charge is 0.448 e. The van der Waals surface area contributed by atoms with E-state index in [1.165, 1.54) is 11.3 Å². The van der Waals surface area contributed by atoms with Gasteiger partial charge in [0, 0.05) is 17.7 Å². The van der Waals surface area contributed by atoms with Crippen LogP contribution in [0.3, 0.4) is 0 Å². The molecule has 29 heavy (non-hydrogen) atoms. The Bertz CT molecular complexity index is 1110. The third kappa shape index (κ3) is 4.29. The number of fused-ring (bicyclic) bond motifs is 1. The molecular weight excluding hydrogens is 431 g/mol. The number of carbonyl (C=O) groups is 2. The van der Waals surface area contributed by atoms with Crippen molar-refractivity contribution in [2.24, 2.45) is 0 Å². The summed E-state index contributed by atoms with van der Waals surface area (Å²) < 4.78 is 5.30. The van der Waals surface area contributed by atoms with E-state index in [2.05, 4.69) is 10.3 Å². The molecule has 1 N–H and O–H groups in total. The highest BCUT2D eigenvalue weighted by Gasteiger charge is 2.31. The van der Waals surface area contributed by atoms with Crippen molar-refractivity contribution in [1.29, 1.82) is 0 Å². The molecule has 0 fully saturated rings. The van der Waals surface area contributed by atoms with Crippen LogP contribution in [-0.4, -0.2) is 23.0 Å². The van der Waals surface area contributed by atoms with Crippen molar-refractivity contribution in [2.45, 2.75) is 25.9 Å². The molecule has 0 spiro atoms. The molecule has 0 saturated carbocycles. The summed E-state index contributed by atoms with van der Waals surface area (Å²) in [5.41, 5.74) is 3.13. The van der Waals surface area contributed by atoms with Gasteiger partial charge in [0.05, 0.1) is 21.3 Å².